The number of hydrogen-bond acceptors (Lipinski definition) is 3. The summed E-state index contributed by atoms with van der Waals surface area (Å²) in [6, 6.07) is 8.76. The fraction of sp³-hybridized carbons (Fsp3) is 0.538. The standard InChI is InChI=1S/C13H20N2O/c1-10(2)16-13-5-3-11(4-6-13)15-12-7-8-14-9-12/h3-6,10,12,14-15H,7-9H2,1-2H3. The van der Waals surface area contributed by atoms with Crippen molar-refractivity contribution in [3.8, 4) is 5.75 Å². The average molecular weight is 220 g/mol. The highest BCUT2D eigenvalue weighted by Gasteiger charge is 2.13. The van der Waals surface area contributed by atoms with Crippen molar-refractivity contribution in [2.75, 3.05) is 18.4 Å². The van der Waals surface area contributed by atoms with Crippen LogP contribution in [-0.4, -0.2) is 25.2 Å². The molecule has 1 aromatic carbocycles. The van der Waals surface area contributed by atoms with Crippen molar-refractivity contribution in [3.63, 3.8) is 0 Å². The first kappa shape index (κ1) is 11.3. The lowest BCUT2D eigenvalue weighted by Crippen LogP contribution is -2.21. The molecule has 1 heterocycles. The summed E-state index contributed by atoms with van der Waals surface area (Å²) < 4.78 is 5.60. The van der Waals surface area contributed by atoms with Gasteiger partial charge in [-0.25, -0.2) is 0 Å². The minimum atomic E-state index is 0.234. The van der Waals surface area contributed by atoms with E-state index in [4.69, 9.17) is 4.74 Å². The number of anilines is 1. The molecule has 0 aromatic heterocycles. The Labute approximate surface area is 97.2 Å². The molecule has 1 saturated heterocycles. The van der Waals surface area contributed by atoms with Gasteiger partial charge in [-0.3, -0.25) is 0 Å². The van der Waals surface area contributed by atoms with E-state index in [-0.39, 0.29) is 6.10 Å². The van der Waals surface area contributed by atoms with Gasteiger partial charge in [0.2, 0.25) is 0 Å². The van der Waals surface area contributed by atoms with Crippen molar-refractivity contribution in [2.24, 2.45) is 0 Å². The summed E-state index contributed by atoms with van der Waals surface area (Å²) in [5.74, 6) is 0.935. The second-order valence-electron chi connectivity index (χ2n) is 4.53. The Hall–Kier alpha value is -1.22. The van der Waals surface area contributed by atoms with Crippen molar-refractivity contribution in [2.45, 2.75) is 32.4 Å². The molecule has 0 bridgehead atoms. The van der Waals surface area contributed by atoms with Crippen LogP contribution in [0.1, 0.15) is 20.3 Å². The molecule has 3 nitrogen and oxygen atoms in total. The molecule has 0 aliphatic carbocycles. The van der Waals surface area contributed by atoms with Crippen molar-refractivity contribution >= 4 is 5.69 Å². The third kappa shape index (κ3) is 3.14. The van der Waals surface area contributed by atoms with Gasteiger partial charge in [0.1, 0.15) is 5.75 Å². The lowest BCUT2D eigenvalue weighted by molar-refractivity contribution is 0.242. The van der Waals surface area contributed by atoms with E-state index in [0.717, 1.165) is 18.8 Å². The molecule has 0 amide bonds. The number of hydrogen-bond donors (Lipinski definition) is 2. The van der Waals surface area contributed by atoms with Gasteiger partial charge in [-0.1, -0.05) is 0 Å². The minimum absolute atomic E-state index is 0.234. The summed E-state index contributed by atoms with van der Waals surface area (Å²) in [7, 11) is 0. The van der Waals surface area contributed by atoms with Crippen molar-refractivity contribution in [1.29, 1.82) is 0 Å². The molecule has 0 saturated carbocycles. The van der Waals surface area contributed by atoms with Gasteiger partial charge >= 0.3 is 0 Å². The van der Waals surface area contributed by atoms with E-state index in [1.54, 1.807) is 0 Å². The van der Waals surface area contributed by atoms with Gasteiger partial charge < -0.3 is 15.4 Å². The summed E-state index contributed by atoms with van der Waals surface area (Å²) in [6.45, 7) is 6.25. The zero-order valence-corrected chi connectivity index (χ0v) is 9.99. The smallest absolute Gasteiger partial charge is 0.119 e. The largest absolute Gasteiger partial charge is 0.491 e. The molecule has 1 aliphatic heterocycles. The van der Waals surface area contributed by atoms with Crippen LogP contribution < -0.4 is 15.4 Å². The molecule has 1 aliphatic rings. The minimum Gasteiger partial charge on any atom is -0.491 e. The van der Waals surface area contributed by atoms with Gasteiger partial charge in [0.25, 0.3) is 0 Å². The Bertz CT molecular complexity index is 315. The number of rotatable bonds is 4. The lowest BCUT2D eigenvalue weighted by Gasteiger charge is -2.14. The predicted octanol–water partition coefficient (Wildman–Crippen LogP) is 2.25. The molecular formula is C13H20N2O. The normalized spacial score (nSPS) is 20.1. The molecular weight excluding hydrogens is 200 g/mol. The molecule has 2 N–H and O–H groups in total. The van der Waals surface area contributed by atoms with Crippen molar-refractivity contribution < 1.29 is 4.74 Å². The third-order valence-electron chi connectivity index (χ3n) is 2.66. The zero-order chi connectivity index (χ0) is 11.4. The van der Waals surface area contributed by atoms with Crippen molar-refractivity contribution in [3.05, 3.63) is 24.3 Å². The molecule has 3 heteroatoms. The average Bonchev–Trinajstić information content (AvgIpc) is 2.73. The van der Waals surface area contributed by atoms with Crippen LogP contribution in [0.4, 0.5) is 5.69 Å². The van der Waals surface area contributed by atoms with Crippen LogP contribution >= 0.6 is 0 Å². The monoisotopic (exact) mass is 220 g/mol. The van der Waals surface area contributed by atoms with Crippen LogP contribution in [0, 0.1) is 0 Å². The van der Waals surface area contributed by atoms with Gasteiger partial charge in [0, 0.05) is 18.3 Å². The Morgan fingerprint density at radius 2 is 2.06 bits per heavy atom. The highest BCUT2D eigenvalue weighted by molar-refractivity contribution is 5.47. The quantitative estimate of drug-likeness (QED) is 0.816. The summed E-state index contributed by atoms with van der Waals surface area (Å²) in [5, 5.41) is 6.85. The maximum atomic E-state index is 5.60. The van der Waals surface area contributed by atoms with E-state index >= 15 is 0 Å². The molecule has 1 fully saturated rings. The topological polar surface area (TPSA) is 33.3 Å². The molecule has 2 rings (SSSR count). The molecule has 1 aromatic rings. The van der Waals surface area contributed by atoms with Crippen molar-refractivity contribution in [1.82, 2.24) is 5.32 Å². The molecule has 1 atom stereocenters. The zero-order valence-electron chi connectivity index (χ0n) is 9.99. The number of benzene rings is 1. The Morgan fingerprint density at radius 3 is 2.62 bits per heavy atom. The van der Waals surface area contributed by atoms with E-state index in [2.05, 4.69) is 22.8 Å². The summed E-state index contributed by atoms with van der Waals surface area (Å²) in [4.78, 5) is 0. The van der Waals surface area contributed by atoms with Crippen LogP contribution in [0.2, 0.25) is 0 Å². The van der Waals surface area contributed by atoms with Gasteiger partial charge in [-0.2, -0.15) is 0 Å². The highest BCUT2D eigenvalue weighted by atomic mass is 16.5. The molecule has 0 spiro atoms. The Balaban J connectivity index is 1.90. The van der Waals surface area contributed by atoms with Crippen LogP contribution in [0.25, 0.3) is 0 Å². The van der Waals surface area contributed by atoms with Gasteiger partial charge in [0.05, 0.1) is 6.10 Å². The second kappa shape index (κ2) is 5.21. The van der Waals surface area contributed by atoms with E-state index in [1.807, 2.05) is 26.0 Å². The van der Waals surface area contributed by atoms with Crippen LogP contribution in [0.15, 0.2) is 24.3 Å². The van der Waals surface area contributed by atoms with E-state index < -0.39 is 0 Å². The van der Waals surface area contributed by atoms with Crippen LogP contribution in [-0.2, 0) is 0 Å². The van der Waals surface area contributed by atoms with Gasteiger partial charge in [0.15, 0.2) is 0 Å². The fourth-order valence-corrected chi connectivity index (χ4v) is 1.92. The number of nitrogens with one attached hydrogen (secondary N) is 2. The van der Waals surface area contributed by atoms with Crippen LogP contribution in [0.5, 0.6) is 5.75 Å². The summed E-state index contributed by atoms with van der Waals surface area (Å²) in [6.07, 6.45) is 1.43. The van der Waals surface area contributed by atoms with Gasteiger partial charge in [-0.15, -0.1) is 0 Å². The van der Waals surface area contributed by atoms with Gasteiger partial charge in [-0.05, 0) is 51.1 Å². The Kier molecular flexibility index (Phi) is 3.67. The first-order valence-electron chi connectivity index (χ1n) is 5.98. The summed E-state index contributed by atoms with van der Waals surface area (Å²) in [5.41, 5.74) is 1.17. The fourth-order valence-electron chi connectivity index (χ4n) is 1.92. The second-order valence-corrected chi connectivity index (χ2v) is 4.53. The van der Waals surface area contributed by atoms with E-state index in [0.29, 0.717) is 6.04 Å². The first-order valence-corrected chi connectivity index (χ1v) is 5.98. The van der Waals surface area contributed by atoms with Crippen LogP contribution in [0.3, 0.4) is 0 Å². The Morgan fingerprint density at radius 1 is 1.31 bits per heavy atom. The SMILES string of the molecule is CC(C)Oc1ccc(NC2CCNC2)cc1. The maximum Gasteiger partial charge on any atom is 0.119 e. The highest BCUT2D eigenvalue weighted by Crippen LogP contribution is 2.18. The molecule has 1 unspecified atom stereocenters. The molecule has 88 valence electrons. The van der Waals surface area contributed by atoms with E-state index in [9.17, 15) is 0 Å². The molecule has 0 radical (unpaired) electrons. The molecule has 16 heavy (non-hydrogen) atoms. The number of ether oxygens (including phenoxy) is 1. The first-order chi connectivity index (χ1) is 7.74. The summed E-state index contributed by atoms with van der Waals surface area (Å²) >= 11 is 0. The third-order valence-corrected chi connectivity index (χ3v) is 2.66. The predicted molar refractivity (Wildman–Crippen MR) is 67.1 cm³/mol. The van der Waals surface area contributed by atoms with E-state index in [1.165, 1.54) is 12.1 Å². The maximum absolute atomic E-state index is 5.60. The lowest BCUT2D eigenvalue weighted by atomic mass is 10.2.